The van der Waals surface area contributed by atoms with Gasteiger partial charge >= 0.3 is 5.97 Å². The third-order valence-corrected chi connectivity index (χ3v) is 7.02. The van der Waals surface area contributed by atoms with E-state index in [1.165, 1.54) is 0 Å². The van der Waals surface area contributed by atoms with Crippen molar-refractivity contribution >= 4 is 18.2 Å². The lowest BCUT2D eigenvalue weighted by Crippen LogP contribution is -2.68. The average Bonchev–Trinajstić information content (AvgIpc) is 2.97. The minimum Gasteiger partial charge on any atom is -0.477 e. The lowest BCUT2D eigenvalue weighted by atomic mass is 9.88. The Bertz CT molecular complexity index is 927. The average molecular weight is 634 g/mol. The van der Waals surface area contributed by atoms with Crippen molar-refractivity contribution in [3.8, 4) is 0 Å². The van der Waals surface area contributed by atoms with Crippen LogP contribution in [0.4, 0.5) is 0 Å². The van der Waals surface area contributed by atoms with Gasteiger partial charge in [-0.1, -0.05) is 0 Å². The molecule has 2 aliphatic rings. The number of amides is 1. The maximum Gasteiger partial charge on any atom is 0.364 e. The molecule has 0 aromatic carbocycles. The number of carbonyl (C=O) groups is 3. The first-order valence-electron chi connectivity index (χ1n) is 13.0. The topological polar surface area (TPSA) is 343 Å². The zero-order valence-electron chi connectivity index (χ0n) is 22.7. The number of rotatable bonds is 15. The minimum absolute atomic E-state index is 0.122. The maximum absolute atomic E-state index is 12.3. The van der Waals surface area contributed by atoms with Crippen LogP contribution in [0.3, 0.4) is 0 Å². The van der Waals surface area contributed by atoms with Gasteiger partial charge in [0.15, 0.2) is 12.6 Å². The van der Waals surface area contributed by atoms with Crippen LogP contribution < -0.4 is 5.32 Å². The summed E-state index contributed by atoms with van der Waals surface area (Å²) in [6.45, 7) is -2.09. The summed E-state index contributed by atoms with van der Waals surface area (Å²) in [5.41, 5.74) is 0. The summed E-state index contributed by atoms with van der Waals surface area (Å²) in [6.07, 6.45) is -27.1. The van der Waals surface area contributed by atoms with Crippen molar-refractivity contribution in [2.24, 2.45) is 0 Å². The van der Waals surface area contributed by atoms with Crippen LogP contribution in [-0.4, -0.2) is 191 Å². The zero-order valence-corrected chi connectivity index (χ0v) is 22.7. The van der Waals surface area contributed by atoms with Crippen LogP contribution in [0.1, 0.15) is 13.3 Å². The van der Waals surface area contributed by atoms with E-state index in [1.54, 1.807) is 0 Å². The summed E-state index contributed by atoms with van der Waals surface area (Å²) < 4.78 is 21.4. The van der Waals surface area contributed by atoms with Crippen molar-refractivity contribution in [3.05, 3.63) is 0 Å². The summed E-state index contributed by atoms with van der Waals surface area (Å²) in [6, 6.07) is -1.50. The largest absolute Gasteiger partial charge is 0.477 e. The third-order valence-electron chi connectivity index (χ3n) is 7.02. The van der Waals surface area contributed by atoms with Gasteiger partial charge in [-0.15, -0.1) is 0 Å². The van der Waals surface area contributed by atoms with Crippen LogP contribution in [0, 0.1) is 0 Å². The number of carboxylic acids is 1. The number of carboxylic acid groups (broad SMARTS) is 1. The number of aliphatic hydroxyl groups excluding tert-OH is 11. The Kier molecular flexibility index (Phi) is 13.7. The summed E-state index contributed by atoms with van der Waals surface area (Å²) in [5.74, 6) is -5.51. The molecule has 15 atom stereocenters. The molecule has 13 N–H and O–H groups in total. The van der Waals surface area contributed by atoms with Crippen molar-refractivity contribution in [3.63, 3.8) is 0 Å². The molecular formula is C23H39NO19. The molecule has 2 fully saturated rings. The molecular weight excluding hydrogens is 594 g/mol. The van der Waals surface area contributed by atoms with Crippen molar-refractivity contribution in [2.75, 3.05) is 19.8 Å². The van der Waals surface area contributed by atoms with Crippen LogP contribution in [0.15, 0.2) is 0 Å². The summed E-state index contributed by atoms with van der Waals surface area (Å²) in [7, 11) is 0. The van der Waals surface area contributed by atoms with E-state index < -0.39 is 129 Å². The Morgan fingerprint density at radius 2 is 1.60 bits per heavy atom. The molecule has 0 aromatic rings. The molecule has 0 radical (unpaired) electrons. The van der Waals surface area contributed by atoms with E-state index >= 15 is 0 Å². The molecule has 2 rings (SSSR count). The molecule has 0 spiro atoms. The third kappa shape index (κ3) is 8.59. The van der Waals surface area contributed by atoms with Crippen LogP contribution in [0.2, 0.25) is 0 Å². The Morgan fingerprint density at radius 1 is 1.00 bits per heavy atom. The van der Waals surface area contributed by atoms with E-state index in [-0.39, 0.29) is 6.29 Å². The van der Waals surface area contributed by atoms with Gasteiger partial charge in [0, 0.05) is 13.3 Å². The smallest absolute Gasteiger partial charge is 0.364 e. The van der Waals surface area contributed by atoms with Crippen molar-refractivity contribution in [2.45, 2.75) is 105 Å². The molecule has 43 heavy (non-hydrogen) atoms. The van der Waals surface area contributed by atoms with Gasteiger partial charge in [0.25, 0.3) is 5.79 Å². The quantitative estimate of drug-likeness (QED) is 0.0744. The number of carbonyl (C=O) groups excluding carboxylic acids is 2. The van der Waals surface area contributed by atoms with Gasteiger partial charge in [0.1, 0.15) is 67.1 Å². The maximum atomic E-state index is 12.3. The SMILES string of the molecule is CC(=O)N[C@H]1[C@H]([C@H](O)[C@H](O)CO)O[C@@](OC[C@H]2O[C@@H](OC([C@H](O)CO)[C@H](O)[C@@H](O)C=O)[C@H](O)[C@@H](O)[C@H]2O)(C(=O)O)C[C@@H]1O. The monoisotopic (exact) mass is 633 g/mol. The lowest BCUT2D eigenvalue weighted by molar-refractivity contribution is -0.348. The second-order valence-electron chi connectivity index (χ2n) is 10.2. The first kappa shape index (κ1) is 37.2. The lowest BCUT2D eigenvalue weighted by Gasteiger charge is -2.47. The Hall–Kier alpha value is -1.99. The second kappa shape index (κ2) is 15.8. The first-order valence-corrected chi connectivity index (χ1v) is 13.0. The number of hydrogen-bond donors (Lipinski definition) is 13. The van der Waals surface area contributed by atoms with Gasteiger partial charge in [-0.05, 0) is 0 Å². The molecule has 1 amide bonds. The van der Waals surface area contributed by atoms with E-state index in [4.69, 9.17) is 18.9 Å². The number of aliphatic hydroxyl groups is 11. The molecule has 0 saturated carbocycles. The normalized spacial score (nSPS) is 37.4. The standard InChI is InChI=1S/C23H39NO19/c1-7(28)24-13-8(29)2-23(22(38)39,43-20(13)15(34)10(31)4-26)40-6-12-16(35)17(36)18(37)21(41-12)42-19(11(32)5-27)14(33)9(30)3-25/h3,8-21,26-27,29-37H,2,4-6H2,1H3,(H,24,28)(H,38,39)/t8-,9-,10+,11+,12+,13+,14+,15+,16-,17-,18+,19?,20+,21-,23+/m0/s1. The highest BCUT2D eigenvalue weighted by molar-refractivity contribution is 5.76. The molecule has 0 bridgehead atoms. The highest BCUT2D eigenvalue weighted by atomic mass is 16.7. The molecule has 20 nitrogen and oxygen atoms in total. The van der Waals surface area contributed by atoms with Gasteiger partial charge in [-0.25, -0.2) is 4.79 Å². The predicted octanol–water partition coefficient (Wildman–Crippen LogP) is -8.38. The summed E-state index contributed by atoms with van der Waals surface area (Å²) in [5, 5.41) is 123. The Labute approximate surface area is 243 Å². The van der Waals surface area contributed by atoms with Crippen LogP contribution in [-0.2, 0) is 33.3 Å². The molecule has 2 saturated heterocycles. The molecule has 2 heterocycles. The van der Waals surface area contributed by atoms with Crippen molar-refractivity contribution in [1.29, 1.82) is 0 Å². The van der Waals surface area contributed by atoms with E-state index in [2.05, 4.69) is 5.32 Å². The fourth-order valence-corrected chi connectivity index (χ4v) is 4.59. The fourth-order valence-electron chi connectivity index (χ4n) is 4.59. The number of aliphatic carboxylic acids is 1. The Morgan fingerprint density at radius 3 is 2.12 bits per heavy atom. The summed E-state index contributed by atoms with van der Waals surface area (Å²) in [4.78, 5) is 34.9. The minimum atomic E-state index is -2.87. The van der Waals surface area contributed by atoms with Gasteiger partial charge < -0.3 is 90.3 Å². The predicted molar refractivity (Wildman–Crippen MR) is 131 cm³/mol. The first-order chi connectivity index (χ1) is 20.0. The van der Waals surface area contributed by atoms with Crippen molar-refractivity contribution in [1.82, 2.24) is 5.32 Å². The van der Waals surface area contributed by atoms with Gasteiger partial charge in [-0.2, -0.15) is 0 Å². The number of aldehydes is 1. The van der Waals surface area contributed by atoms with E-state index in [0.717, 1.165) is 6.92 Å². The van der Waals surface area contributed by atoms with Gasteiger partial charge in [0.2, 0.25) is 5.91 Å². The fraction of sp³-hybridized carbons (Fsp3) is 0.870. The number of nitrogens with one attached hydrogen (secondary N) is 1. The van der Waals surface area contributed by atoms with Crippen molar-refractivity contribution < 1.29 is 94.6 Å². The van der Waals surface area contributed by atoms with Crippen LogP contribution in [0.5, 0.6) is 0 Å². The molecule has 0 aromatic heterocycles. The van der Waals surface area contributed by atoms with E-state index in [9.17, 15) is 75.7 Å². The summed E-state index contributed by atoms with van der Waals surface area (Å²) >= 11 is 0. The molecule has 2 aliphatic heterocycles. The second-order valence-corrected chi connectivity index (χ2v) is 10.2. The molecule has 250 valence electrons. The zero-order chi connectivity index (χ0) is 32.8. The van der Waals surface area contributed by atoms with Gasteiger partial charge in [0.05, 0.1) is 32.0 Å². The highest BCUT2D eigenvalue weighted by Gasteiger charge is 2.57. The molecule has 0 aliphatic carbocycles. The number of ether oxygens (including phenoxy) is 4. The van der Waals surface area contributed by atoms with E-state index in [1.807, 2.05) is 0 Å². The van der Waals surface area contributed by atoms with E-state index in [0.29, 0.717) is 0 Å². The number of hydrogen-bond acceptors (Lipinski definition) is 18. The molecule has 1 unspecified atom stereocenters. The van der Waals surface area contributed by atoms with Crippen LogP contribution in [0.25, 0.3) is 0 Å². The molecule has 20 heteroatoms. The Balaban J connectivity index is 2.33. The van der Waals surface area contributed by atoms with Gasteiger partial charge in [-0.3, -0.25) is 4.79 Å². The highest BCUT2D eigenvalue weighted by Crippen LogP contribution is 2.35. The van der Waals surface area contributed by atoms with Crippen LogP contribution >= 0.6 is 0 Å².